The highest BCUT2D eigenvalue weighted by Gasteiger charge is 2.07. The van der Waals surface area contributed by atoms with Gasteiger partial charge in [0.15, 0.2) is 5.82 Å². The van der Waals surface area contributed by atoms with E-state index < -0.39 is 23.3 Å². The Balaban J connectivity index is 3.23. The number of hydrogen-bond donors (Lipinski definition) is 2. The van der Waals surface area contributed by atoms with Gasteiger partial charge in [0.25, 0.3) is 0 Å². The number of nitrogens with two attached hydrogens (primary N) is 1. The van der Waals surface area contributed by atoms with Gasteiger partial charge in [0, 0.05) is 0 Å². The van der Waals surface area contributed by atoms with Crippen molar-refractivity contribution in [2.45, 2.75) is 0 Å². The Morgan fingerprint density at radius 1 is 1.45 bits per heavy atom. The van der Waals surface area contributed by atoms with Gasteiger partial charge in [-0.1, -0.05) is 0 Å². The molecule has 1 aromatic rings. The van der Waals surface area contributed by atoms with Crippen molar-refractivity contribution in [1.29, 1.82) is 5.41 Å². The molecule has 0 radical (unpaired) electrons. The first-order chi connectivity index (χ1) is 5.11. The van der Waals surface area contributed by atoms with E-state index in [1.807, 2.05) is 0 Å². The van der Waals surface area contributed by atoms with Crippen LogP contribution in [0, 0.1) is 17.2 Å². The minimum Gasteiger partial charge on any atom is -0.382 e. The molecule has 0 saturated heterocycles. The summed E-state index contributed by atoms with van der Waals surface area (Å²) < 4.78 is 24.8. The molecule has 5 heteroatoms. The maximum absolute atomic E-state index is 12.6. The number of halogens is 2. The quantitative estimate of drug-likeness (QED) is 0.357. The summed E-state index contributed by atoms with van der Waals surface area (Å²) in [6.07, 6.45) is 0. The molecule has 0 aliphatic heterocycles. The smallest absolute Gasteiger partial charge is 0.213 e. The van der Waals surface area contributed by atoms with E-state index in [1.165, 1.54) is 0 Å². The van der Waals surface area contributed by atoms with Crippen LogP contribution in [0.25, 0.3) is 0 Å². The fraction of sp³-hybridized carbons (Fsp3) is 0. The van der Waals surface area contributed by atoms with E-state index in [0.29, 0.717) is 0 Å². The molecule has 0 amide bonds. The lowest BCUT2D eigenvalue weighted by molar-refractivity contribution is 0.557. The van der Waals surface area contributed by atoms with Gasteiger partial charge in [-0.3, -0.25) is 5.41 Å². The summed E-state index contributed by atoms with van der Waals surface area (Å²) in [5.41, 5.74) is 4.44. The van der Waals surface area contributed by atoms with E-state index in [0.717, 1.165) is 12.1 Å². The van der Waals surface area contributed by atoms with Gasteiger partial charge in [0.05, 0.1) is 0 Å². The van der Waals surface area contributed by atoms with E-state index in [9.17, 15) is 8.78 Å². The molecule has 0 spiro atoms. The molecule has 1 aromatic heterocycles. The molecular formula is C6H5F2N3. The van der Waals surface area contributed by atoms with Crippen LogP contribution in [-0.2, 0) is 0 Å². The van der Waals surface area contributed by atoms with Crippen LogP contribution >= 0.6 is 0 Å². The number of nitrogen functional groups attached to an aromatic ring is 1. The van der Waals surface area contributed by atoms with Crippen molar-refractivity contribution in [2.75, 3.05) is 0 Å². The molecule has 0 bridgehead atoms. The van der Waals surface area contributed by atoms with Gasteiger partial charge in [-0.2, -0.15) is 4.39 Å². The predicted octanol–water partition coefficient (Wildman–Crippen LogP) is 0.644. The molecule has 0 fully saturated rings. The van der Waals surface area contributed by atoms with Crippen molar-refractivity contribution in [3.05, 3.63) is 29.6 Å². The van der Waals surface area contributed by atoms with Crippen molar-refractivity contribution in [3.63, 3.8) is 0 Å². The zero-order valence-corrected chi connectivity index (χ0v) is 5.44. The fourth-order valence-electron chi connectivity index (χ4n) is 0.607. The van der Waals surface area contributed by atoms with Crippen LogP contribution in [0.5, 0.6) is 0 Å². The van der Waals surface area contributed by atoms with Crippen LogP contribution < -0.4 is 5.73 Å². The van der Waals surface area contributed by atoms with Gasteiger partial charge in [0.2, 0.25) is 5.95 Å². The van der Waals surface area contributed by atoms with Crippen molar-refractivity contribution >= 4 is 5.84 Å². The van der Waals surface area contributed by atoms with Crippen molar-refractivity contribution in [1.82, 2.24) is 4.98 Å². The number of nitrogens with one attached hydrogen (secondary N) is 1. The van der Waals surface area contributed by atoms with Crippen LogP contribution in [0.4, 0.5) is 8.78 Å². The summed E-state index contributed by atoms with van der Waals surface area (Å²) >= 11 is 0. The van der Waals surface area contributed by atoms with Crippen LogP contribution in [0.2, 0.25) is 0 Å². The Bertz CT molecular complexity index is 298. The molecule has 1 heterocycles. The average molecular weight is 157 g/mol. The molecule has 58 valence electrons. The van der Waals surface area contributed by atoms with Crippen molar-refractivity contribution in [3.8, 4) is 0 Å². The monoisotopic (exact) mass is 157 g/mol. The molecule has 0 aliphatic rings. The molecule has 0 atom stereocenters. The first-order valence-electron chi connectivity index (χ1n) is 2.77. The molecule has 0 aliphatic carbocycles. The van der Waals surface area contributed by atoms with E-state index >= 15 is 0 Å². The summed E-state index contributed by atoms with van der Waals surface area (Å²) in [5.74, 6) is -2.22. The van der Waals surface area contributed by atoms with Gasteiger partial charge in [0.1, 0.15) is 11.5 Å². The largest absolute Gasteiger partial charge is 0.382 e. The van der Waals surface area contributed by atoms with Crippen molar-refractivity contribution < 1.29 is 8.78 Å². The zero-order valence-electron chi connectivity index (χ0n) is 5.44. The van der Waals surface area contributed by atoms with Crippen molar-refractivity contribution in [2.24, 2.45) is 5.73 Å². The summed E-state index contributed by atoms with van der Waals surface area (Å²) in [6, 6.07) is 1.74. The Kier molecular flexibility index (Phi) is 1.80. The van der Waals surface area contributed by atoms with Crippen LogP contribution in [-0.4, -0.2) is 10.8 Å². The average Bonchev–Trinajstić information content (AvgIpc) is 1.94. The Morgan fingerprint density at radius 3 is 2.55 bits per heavy atom. The van der Waals surface area contributed by atoms with Gasteiger partial charge < -0.3 is 5.73 Å². The Hall–Kier alpha value is -1.52. The summed E-state index contributed by atoms with van der Waals surface area (Å²) in [4.78, 5) is 3.08. The second-order valence-electron chi connectivity index (χ2n) is 1.88. The third-order valence-corrected chi connectivity index (χ3v) is 1.07. The number of pyridine rings is 1. The molecule has 3 nitrogen and oxygen atoms in total. The Labute approximate surface area is 61.4 Å². The maximum atomic E-state index is 12.6. The lowest BCUT2D eigenvalue weighted by atomic mass is 10.3. The second-order valence-corrected chi connectivity index (χ2v) is 1.88. The van der Waals surface area contributed by atoms with Crippen LogP contribution in [0.15, 0.2) is 12.1 Å². The summed E-state index contributed by atoms with van der Waals surface area (Å²) in [5, 5.41) is 6.78. The summed E-state index contributed by atoms with van der Waals surface area (Å²) in [6.45, 7) is 0. The lowest BCUT2D eigenvalue weighted by Crippen LogP contribution is -2.15. The maximum Gasteiger partial charge on any atom is 0.213 e. The number of amidine groups is 1. The highest BCUT2D eigenvalue weighted by molar-refractivity contribution is 5.93. The van der Waals surface area contributed by atoms with Gasteiger partial charge in [-0.05, 0) is 12.1 Å². The number of nitrogens with zero attached hydrogens (tertiary/aromatic N) is 1. The summed E-state index contributed by atoms with van der Waals surface area (Å²) in [7, 11) is 0. The minimum absolute atomic E-state index is 0.454. The second kappa shape index (κ2) is 2.61. The molecule has 1 rings (SSSR count). The normalized spacial score (nSPS) is 9.64. The van der Waals surface area contributed by atoms with E-state index in [-0.39, 0.29) is 0 Å². The molecule has 11 heavy (non-hydrogen) atoms. The highest BCUT2D eigenvalue weighted by atomic mass is 19.1. The number of aromatic nitrogens is 1. The fourth-order valence-corrected chi connectivity index (χ4v) is 0.607. The van der Waals surface area contributed by atoms with Gasteiger partial charge >= 0.3 is 0 Å². The third kappa shape index (κ3) is 1.49. The molecular weight excluding hydrogens is 152 g/mol. The van der Waals surface area contributed by atoms with E-state index in [1.54, 1.807) is 0 Å². The van der Waals surface area contributed by atoms with E-state index in [4.69, 9.17) is 11.1 Å². The highest BCUT2D eigenvalue weighted by Crippen LogP contribution is 2.03. The van der Waals surface area contributed by atoms with E-state index in [2.05, 4.69) is 4.98 Å². The topological polar surface area (TPSA) is 62.8 Å². The van der Waals surface area contributed by atoms with Gasteiger partial charge in [-0.15, -0.1) is 0 Å². The van der Waals surface area contributed by atoms with Crippen LogP contribution in [0.1, 0.15) is 5.69 Å². The Morgan fingerprint density at radius 2 is 2.09 bits per heavy atom. The number of rotatable bonds is 1. The third-order valence-electron chi connectivity index (χ3n) is 1.07. The minimum atomic E-state index is -0.850. The molecule has 0 saturated carbocycles. The molecule has 3 N–H and O–H groups in total. The van der Waals surface area contributed by atoms with Gasteiger partial charge in [-0.25, -0.2) is 9.37 Å². The molecule has 0 unspecified atom stereocenters. The molecule has 0 aromatic carbocycles. The first-order valence-corrected chi connectivity index (χ1v) is 2.77. The zero-order chi connectivity index (χ0) is 8.43. The standard InChI is InChI=1S/C6H5F2N3/c7-3-1-2-4(8)11-5(3)6(9)10/h1-2H,(H3,9,10). The first kappa shape index (κ1) is 7.59. The SMILES string of the molecule is N=C(N)c1nc(F)ccc1F. The number of hydrogen-bond acceptors (Lipinski definition) is 2. The lowest BCUT2D eigenvalue weighted by Gasteiger charge is -1.97. The predicted molar refractivity (Wildman–Crippen MR) is 35.2 cm³/mol. The van der Waals surface area contributed by atoms with Crippen LogP contribution in [0.3, 0.4) is 0 Å².